The van der Waals surface area contributed by atoms with Crippen molar-refractivity contribution in [2.75, 3.05) is 0 Å². The lowest BCUT2D eigenvalue weighted by Crippen LogP contribution is -2.12. The van der Waals surface area contributed by atoms with E-state index < -0.39 is 16.8 Å². The number of hydrogen-bond donors (Lipinski definition) is 2. The predicted molar refractivity (Wildman–Crippen MR) is 83.6 cm³/mol. The summed E-state index contributed by atoms with van der Waals surface area (Å²) in [7, 11) is 0. The van der Waals surface area contributed by atoms with Gasteiger partial charge in [-0.3, -0.25) is 14.9 Å². The third-order valence-electron chi connectivity index (χ3n) is 3.37. The number of rotatable bonds is 5. The molecule has 2 rings (SSSR count). The Morgan fingerprint density at radius 3 is 2.46 bits per heavy atom. The fourth-order valence-electron chi connectivity index (χ4n) is 1.97. The fourth-order valence-corrected chi connectivity index (χ4v) is 1.97. The van der Waals surface area contributed by atoms with Crippen molar-refractivity contribution in [2.45, 2.75) is 13.5 Å². The molecule has 0 aromatic heterocycles. The summed E-state index contributed by atoms with van der Waals surface area (Å²) >= 11 is 0. The summed E-state index contributed by atoms with van der Waals surface area (Å²) < 4.78 is 5.03. The number of benzene rings is 2. The van der Waals surface area contributed by atoms with Gasteiger partial charge in [0.15, 0.2) is 0 Å². The van der Waals surface area contributed by atoms with E-state index >= 15 is 0 Å². The van der Waals surface area contributed by atoms with Crippen LogP contribution in [0.25, 0.3) is 0 Å². The summed E-state index contributed by atoms with van der Waals surface area (Å²) in [6, 6.07) is 7.93. The first kappa shape index (κ1) is 16.9. The van der Waals surface area contributed by atoms with E-state index in [1.165, 1.54) is 24.3 Å². The molecule has 8 heteroatoms. The molecular formula is C16H14N2O6. The lowest BCUT2D eigenvalue weighted by Gasteiger charge is -2.07. The Morgan fingerprint density at radius 1 is 1.21 bits per heavy atom. The van der Waals surface area contributed by atoms with Gasteiger partial charge in [-0.15, -0.1) is 0 Å². The summed E-state index contributed by atoms with van der Waals surface area (Å²) in [6.07, 6.45) is 0. The maximum absolute atomic E-state index is 12.0. The standard InChI is InChI=1S/C16H14N2O6/c1-9-2-3-11(7-14(9)19)16(21)24-8-12-5-4-10(15(17)20)6-13(12)18(22)23/h2-7,19H,8H2,1H3,(H2,17,20). The Bertz CT molecular complexity index is 831. The number of esters is 1. The first-order chi connectivity index (χ1) is 11.3. The van der Waals surface area contributed by atoms with E-state index in [1.807, 2.05) is 0 Å². The van der Waals surface area contributed by atoms with Crippen LogP contribution in [-0.4, -0.2) is 21.9 Å². The molecule has 0 atom stereocenters. The number of phenols is 1. The van der Waals surface area contributed by atoms with E-state index in [-0.39, 0.29) is 34.7 Å². The second-order valence-electron chi connectivity index (χ2n) is 5.04. The van der Waals surface area contributed by atoms with Crippen LogP contribution in [0.3, 0.4) is 0 Å². The van der Waals surface area contributed by atoms with Crippen molar-refractivity contribution in [1.82, 2.24) is 0 Å². The summed E-state index contributed by atoms with van der Waals surface area (Å²) in [4.78, 5) is 33.4. The molecule has 0 saturated heterocycles. The van der Waals surface area contributed by atoms with Gasteiger partial charge in [0, 0.05) is 11.6 Å². The van der Waals surface area contributed by atoms with Gasteiger partial charge in [-0.25, -0.2) is 4.79 Å². The zero-order valence-electron chi connectivity index (χ0n) is 12.7. The highest BCUT2D eigenvalue weighted by Gasteiger charge is 2.18. The van der Waals surface area contributed by atoms with Crippen LogP contribution in [0, 0.1) is 17.0 Å². The Kier molecular flexibility index (Phi) is 4.78. The SMILES string of the molecule is Cc1ccc(C(=O)OCc2ccc(C(N)=O)cc2[N+](=O)[O-])cc1O. The smallest absolute Gasteiger partial charge is 0.338 e. The first-order valence-electron chi connectivity index (χ1n) is 6.83. The van der Waals surface area contributed by atoms with Crippen LogP contribution in [0.15, 0.2) is 36.4 Å². The van der Waals surface area contributed by atoms with Crippen LogP contribution in [-0.2, 0) is 11.3 Å². The first-order valence-corrected chi connectivity index (χ1v) is 6.83. The molecule has 2 aromatic carbocycles. The molecule has 3 N–H and O–H groups in total. The molecule has 0 aliphatic heterocycles. The molecule has 8 nitrogen and oxygen atoms in total. The van der Waals surface area contributed by atoms with Crippen molar-refractivity contribution in [3.8, 4) is 5.75 Å². The Hall–Kier alpha value is -3.42. The maximum atomic E-state index is 12.0. The van der Waals surface area contributed by atoms with Crippen molar-refractivity contribution in [2.24, 2.45) is 5.73 Å². The maximum Gasteiger partial charge on any atom is 0.338 e. The number of ether oxygens (including phenoxy) is 1. The van der Waals surface area contributed by atoms with Crippen molar-refractivity contribution >= 4 is 17.6 Å². The van der Waals surface area contributed by atoms with E-state index in [4.69, 9.17) is 10.5 Å². The van der Waals surface area contributed by atoms with Crippen LogP contribution in [0.4, 0.5) is 5.69 Å². The van der Waals surface area contributed by atoms with Crippen molar-refractivity contribution in [3.05, 3.63) is 68.8 Å². The zero-order valence-corrected chi connectivity index (χ0v) is 12.7. The average Bonchev–Trinajstić information content (AvgIpc) is 2.54. The summed E-state index contributed by atoms with van der Waals surface area (Å²) in [6.45, 7) is 1.32. The minimum atomic E-state index is -0.795. The van der Waals surface area contributed by atoms with Gasteiger partial charge in [0.25, 0.3) is 5.69 Å². The van der Waals surface area contributed by atoms with Crippen molar-refractivity contribution in [1.29, 1.82) is 0 Å². The molecule has 0 unspecified atom stereocenters. The van der Waals surface area contributed by atoms with Gasteiger partial charge >= 0.3 is 5.97 Å². The second kappa shape index (κ2) is 6.78. The van der Waals surface area contributed by atoms with E-state index in [9.17, 15) is 24.8 Å². The molecule has 1 amide bonds. The van der Waals surface area contributed by atoms with Gasteiger partial charge in [-0.1, -0.05) is 6.07 Å². The van der Waals surface area contributed by atoms with Gasteiger partial charge in [0.05, 0.1) is 16.1 Å². The molecule has 2 aromatic rings. The van der Waals surface area contributed by atoms with Crippen LogP contribution >= 0.6 is 0 Å². The van der Waals surface area contributed by atoms with Gasteiger partial charge in [-0.2, -0.15) is 0 Å². The van der Waals surface area contributed by atoms with Gasteiger partial charge < -0.3 is 15.6 Å². The van der Waals surface area contributed by atoms with Gasteiger partial charge in [0.1, 0.15) is 12.4 Å². The van der Waals surface area contributed by atoms with Gasteiger partial charge in [0.2, 0.25) is 5.91 Å². The number of amides is 1. The largest absolute Gasteiger partial charge is 0.508 e. The highest BCUT2D eigenvalue weighted by atomic mass is 16.6. The fraction of sp³-hybridized carbons (Fsp3) is 0.125. The number of nitro groups is 1. The highest BCUT2D eigenvalue weighted by Crippen LogP contribution is 2.22. The number of primary amides is 1. The topological polar surface area (TPSA) is 133 Å². The van der Waals surface area contributed by atoms with Crippen molar-refractivity contribution < 1.29 is 24.4 Å². The minimum absolute atomic E-state index is 0.0137. The number of nitrogens with zero attached hydrogens (tertiary/aromatic N) is 1. The quantitative estimate of drug-likeness (QED) is 0.490. The molecule has 0 aliphatic rings. The zero-order chi connectivity index (χ0) is 17.9. The van der Waals surface area contributed by atoms with E-state index in [0.29, 0.717) is 5.56 Å². The molecule has 24 heavy (non-hydrogen) atoms. The molecule has 0 spiro atoms. The Balaban J connectivity index is 2.19. The number of nitro benzene ring substituents is 1. The van der Waals surface area contributed by atoms with E-state index in [1.54, 1.807) is 13.0 Å². The van der Waals surface area contributed by atoms with Crippen LogP contribution in [0.2, 0.25) is 0 Å². The van der Waals surface area contributed by atoms with Crippen LogP contribution in [0.5, 0.6) is 5.75 Å². The summed E-state index contributed by atoms with van der Waals surface area (Å²) in [5.41, 5.74) is 5.54. The molecule has 0 radical (unpaired) electrons. The molecule has 0 heterocycles. The third-order valence-corrected chi connectivity index (χ3v) is 3.37. The molecule has 0 fully saturated rings. The number of aryl methyl sites for hydroxylation is 1. The minimum Gasteiger partial charge on any atom is -0.508 e. The number of carbonyl (C=O) groups excluding carboxylic acids is 2. The monoisotopic (exact) mass is 330 g/mol. The van der Waals surface area contributed by atoms with Crippen LogP contribution in [0.1, 0.15) is 31.8 Å². The lowest BCUT2D eigenvalue weighted by molar-refractivity contribution is -0.385. The van der Waals surface area contributed by atoms with E-state index in [2.05, 4.69) is 0 Å². The molecule has 0 bridgehead atoms. The number of aromatic hydroxyl groups is 1. The highest BCUT2D eigenvalue weighted by molar-refractivity contribution is 5.93. The lowest BCUT2D eigenvalue weighted by atomic mass is 10.1. The Labute approximate surface area is 136 Å². The van der Waals surface area contributed by atoms with Gasteiger partial charge in [-0.05, 0) is 36.8 Å². The summed E-state index contributed by atoms with van der Waals surface area (Å²) in [5, 5.41) is 20.7. The number of carbonyl (C=O) groups is 2. The second-order valence-corrected chi connectivity index (χ2v) is 5.04. The Morgan fingerprint density at radius 2 is 1.88 bits per heavy atom. The number of phenolic OH excluding ortho intramolecular Hbond substituents is 1. The van der Waals surface area contributed by atoms with E-state index in [0.717, 1.165) is 6.07 Å². The molecule has 0 saturated carbocycles. The van der Waals surface area contributed by atoms with Crippen molar-refractivity contribution in [3.63, 3.8) is 0 Å². The number of hydrogen-bond acceptors (Lipinski definition) is 6. The summed E-state index contributed by atoms with van der Waals surface area (Å²) in [5.74, 6) is -1.59. The predicted octanol–water partition coefficient (Wildman–Crippen LogP) is 2.06. The van der Waals surface area contributed by atoms with Crippen LogP contribution < -0.4 is 5.73 Å². The molecular weight excluding hydrogens is 316 g/mol. The average molecular weight is 330 g/mol. The molecule has 0 aliphatic carbocycles. The number of nitrogens with two attached hydrogens (primary N) is 1. The normalized spacial score (nSPS) is 10.2. The molecule has 124 valence electrons. The third kappa shape index (κ3) is 3.67.